The van der Waals surface area contributed by atoms with Gasteiger partial charge < -0.3 is 9.32 Å². The zero-order chi connectivity index (χ0) is 13.2. The van der Waals surface area contributed by atoms with Crippen LogP contribution < -0.4 is 5.14 Å². The summed E-state index contributed by atoms with van der Waals surface area (Å²) in [5.41, 5.74) is 0.963. The molecule has 18 heavy (non-hydrogen) atoms. The maximum Gasteiger partial charge on any atom is 0.222 e. The van der Waals surface area contributed by atoms with Crippen LogP contribution in [0.4, 0.5) is 0 Å². The number of amides is 1. The molecule has 0 spiro atoms. The van der Waals surface area contributed by atoms with Crippen LogP contribution in [0.3, 0.4) is 0 Å². The van der Waals surface area contributed by atoms with Crippen LogP contribution in [0.2, 0.25) is 0 Å². The highest BCUT2D eigenvalue weighted by Crippen LogP contribution is 2.16. The lowest BCUT2D eigenvalue weighted by molar-refractivity contribution is -0.130. The van der Waals surface area contributed by atoms with Crippen LogP contribution in [0.1, 0.15) is 18.4 Å². The van der Waals surface area contributed by atoms with Gasteiger partial charge in [-0.25, -0.2) is 13.6 Å². The average molecular weight is 272 g/mol. The standard InChI is InChI=1S/C11H16N2O4S/c12-18(15,16)10-3-5-13(7-10)11(14)2-1-9-4-6-17-8-9/h4,6,8,10H,1-3,5,7H2,(H2,12,15,16). The lowest BCUT2D eigenvalue weighted by Gasteiger charge is -2.15. The minimum atomic E-state index is -3.54. The SMILES string of the molecule is NS(=O)(=O)C1CCN(C(=O)CCc2ccoc2)C1. The van der Waals surface area contributed by atoms with Crippen LogP contribution in [-0.2, 0) is 21.2 Å². The first-order valence-electron chi connectivity index (χ1n) is 5.77. The van der Waals surface area contributed by atoms with E-state index < -0.39 is 15.3 Å². The molecule has 6 nitrogen and oxygen atoms in total. The van der Waals surface area contributed by atoms with Gasteiger partial charge in [0, 0.05) is 19.5 Å². The summed E-state index contributed by atoms with van der Waals surface area (Å²) in [6.07, 6.45) is 4.55. The van der Waals surface area contributed by atoms with Gasteiger partial charge in [-0.2, -0.15) is 0 Å². The first-order chi connectivity index (χ1) is 8.47. The molecule has 1 amide bonds. The molecule has 0 aromatic carbocycles. The Morgan fingerprint density at radius 1 is 1.56 bits per heavy atom. The van der Waals surface area contributed by atoms with Crippen LogP contribution in [0.15, 0.2) is 23.0 Å². The van der Waals surface area contributed by atoms with E-state index in [2.05, 4.69) is 0 Å². The summed E-state index contributed by atoms with van der Waals surface area (Å²) in [7, 11) is -3.54. The highest BCUT2D eigenvalue weighted by molar-refractivity contribution is 7.89. The number of sulfonamides is 1. The van der Waals surface area contributed by atoms with Gasteiger partial charge in [0.25, 0.3) is 0 Å². The quantitative estimate of drug-likeness (QED) is 0.841. The molecule has 0 radical (unpaired) electrons. The number of hydrogen-bond donors (Lipinski definition) is 1. The Morgan fingerprint density at radius 2 is 2.33 bits per heavy atom. The topological polar surface area (TPSA) is 93.6 Å². The predicted octanol–water partition coefficient (Wildman–Crippen LogP) is 0.102. The van der Waals surface area contributed by atoms with E-state index in [0.29, 0.717) is 25.8 Å². The zero-order valence-corrected chi connectivity index (χ0v) is 10.7. The van der Waals surface area contributed by atoms with Crippen LogP contribution in [-0.4, -0.2) is 37.6 Å². The third kappa shape index (κ3) is 3.11. The molecule has 1 aromatic heterocycles. The second-order valence-electron chi connectivity index (χ2n) is 4.47. The fourth-order valence-corrected chi connectivity index (χ4v) is 2.89. The molecular formula is C11H16N2O4S. The largest absolute Gasteiger partial charge is 0.472 e. The van der Waals surface area contributed by atoms with Gasteiger partial charge in [0.2, 0.25) is 15.9 Å². The number of rotatable bonds is 4. The second kappa shape index (κ2) is 5.11. The Balaban J connectivity index is 1.84. The molecule has 1 aliphatic heterocycles. The van der Waals surface area contributed by atoms with Crippen LogP contribution in [0.25, 0.3) is 0 Å². The van der Waals surface area contributed by atoms with E-state index in [1.165, 1.54) is 0 Å². The van der Waals surface area contributed by atoms with Crippen molar-refractivity contribution in [1.29, 1.82) is 0 Å². The molecule has 1 aromatic rings. The number of carbonyl (C=O) groups excluding carboxylic acids is 1. The smallest absolute Gasteiger partial charge is 0.222 e. The lowest BCUT2D eigenvalue weighted by Crippen LogP contribution is -2.34. The third-order valence-corrected chi connectivity index (χ3v) is 4.48. The Kier molecular flexibility index (Phi) is 3.72. The highest BCUT2D eigenvalue weighted by Gasteiger charge is 2.32. The third-order valence-electron chi connectivity index (χ3n) is 3.17. The van der Waals surface area contributed by atoms with E-state index >= 15 is 0 Å². The molecule has 0 bridgehead atoms. The summed E-state index contributed by atoms with van der Waals surface area (Å²) >= 11 is 0. The number of furan rings is 1. The summed E-state index contributed by atoms with van der Waals surface area (Å²) in [5.74, 6) is -0.0395. The molecule has 1 fully saturated rings. The maximum absolute atomic E-state index is 11.9. The minimum Gasteiger partial charge on any atom is -0.472 e. The number of likely N-dealkylation sites (tertiary alicyclic amines) is 1. The normalized spacial score (nSPS) is 20.3. The van der Waals surface area contributed by atoms with Crippen molar-refractivity contribution < 1.29 is 17.6 Å². The van der Waals surface area contributed by atoms with Crippen molar-refractivity contribution in [3.63, 3.8) is 0 Å². The number of carbonyl (C=O) groups is 1. The highest BCUT2D eigenvalue weighted by atomic mass is 32.2. The fourth-order valence-electron chi connectivity index (χ4n) is 2.07. The summed E-state index contributed by atoms with van der Waals surface area (Å²) in [6.45, 7) is 0.675. The van der Waals surface area contributed by atoms with Gasteiger partial charge in [0.15, 0.2) is 0 Å². The van der Waals surface area contributed by atoms with E-state index in [9.17, 15) is 13.2 Å². The molecule has 0 saturated carbocycles. The summed E-state index contributed by atoms with van der Waals surface area (Å²) in [6, 6.07) is 1.81. The fraction of sp³-hybridized carbons (Fsp3) is 0.545. The predicted molar refractivity (Wildman–Crippen MR) is 65.1 cm³/mol. The Morgan fingerprint density at radius 3 is 2.89 bits per heavy atom. The van der Waals surface area contributed by atoms with Gasteiger partial charge in [0.05, 0.1) is 17.8 Å². The number of hydrogen-bond acceptors (Lipinski definition) is 4. The van der Waals surface area contributed by atoms with E-state index in [-0.39, 0.29) is 12.5 Å². The van der Waals surface area contributed by atoms with Gasteiger partial charge in [-0.1, -0.05) is 0 Å². The van der Waals surface area contributed by atoms with Gasteiger partial charge in [0.1, 0.15) is 0 Å². The van der Waals surface area contributed by atoms with Crippen molar-refractivity contribution in [2.45, 2.75) is 24.5 Å². The van der Waals surface area contributed by atoms with E-state index in [1.54, 1.807) is 17.4 Å². The Hall–Kier alpha value is -1.34. The van der Waals surface area contributed by atoms with Crippen LogP contribution in [0, 0.1) is 0 Å². The first kappa shape index (κ1) is 13.1. The Bertz CT molecular complexity index is 509. The maximum atomic E-state index is 11.9. The summed E-state index contributed by atoms with van der Waals surface area (Å²) < 4.78 is 27.3. The Labute approximate surface area is 106 Å². The molecule has 0 aliphatic carbocycles. The number of nitrogens with two attached hydrogens (primary N) is 1. The molecule has 1 atom stereocenters. The van der Waals surface area contributed by atoms with Crippen LogP contribution in [0.5, 0.6) is 0 Å². The number of primary sulfonamides is 1. The van der Waals surface area contributed by atoms with Gasteiger partial charge in [-0.3, -0.25) is 4.79 Å². The summed E-state index contributed by atoms with van der Waals surface area (Å²) in [4.78, 5) is 13.4. The molecule has 7 heteroatoms. The first-order valence-corrected chi connectivity index (χ1v) is 7.38. The van der Waals surface area contributed by atoms with E-state index in [1.807, 2.05) is 6.07 Å². The molecule has 100 valence electrons. The van der Waals surface area contributed by atoms with Crippen molar-refractivity contribution in [3.8, 4) is 0 Å². The molecule has 1 aliphatic rings. The minimum absolute atomic E-state index is 0.0395. The number of nitrogens with zero attached hydrogens (tertiary/aromatic N) is 1. The van der Waals surface area contributed by atoms with Crippen molar-refractivity contribution in [1.82, 2.24) is 4.90 Å². The van der Waals surface area contributed by atoms with Crippen LogP contribution >= 0.6 is 0 Å². The van der Waals surface area contributed by atoms with Crippen molar-refractivity contribution in [3.05, 3.63) is 24.2 Å². The molecule has 1 saturated heterocycles. The zero-order valence-electron chi connectivity index (χ0n) is 9.91. The van der Waals surface area contributed by atoms with Crippen molar-refractivity contribution >= 4 is 15.9 Å². The summed E-state index contributed by atoms with van der Waals surface area (Å²) in [5, 5.41) is 4.46. The molecule has 2 rings (SSSR count). The van der Waals surface area contributed by atoms with Gasteiger partial charge >= 0.3 is 0 Å². The second-order valence-corrected chi connectivity index (χ2v) is 6.32. The molecular weight excluding hydrogens is 256 g/mol. The van der Waals surface area contributed by atoms with Gasteiger partial charge in [-0.05, 0) is 24.5 Å². The number of aryl methyl sites for hydroxylation is 1. The van der Waals surface area contributed by atoms with E-state index in [0.717, 1.165) is 5.56 Å². The average Bonchev–Trinajstić information content (AvgIpc) is 2.96. The van der Waals surface area contributed by atoms with Crippen molar-refractivity contribution in [2.75, 3.05) is 13.1 Å². The molecule has 1 unspecified atom stereocenters. The molecule has 2 heterocycles. The van der Waals surface area contributed by atoms with Gasteiger partial charge in [-0.15, -0.1) is 0 Å². The van der Waals surface area contributed by atoms with E-state index in [4.69, 9.17) is 9.56 Å². The monoisotopic (exact) mass is 272 g/mol. The molecule has 2 N–H and O–H groups in total. The lowest BCUT2D eigenvalue weighted by atomic mass is 10.2. The van der Waals surface area contributed by atoms with Crippen molar-refractivity contribution in [2.24, 2.45) is 5.14 Å².